The van der Waals surface area contributed by atoms with Crippen LogP contribution in [0, 0.1) is 0 Å². The monoisotopic (exact) mass is 274 g/mol. The number of aryl methyl sites for hydroxylation is 1. The lowest BCUT2D eigenvalue weighted by molar-refractivity contribution is 0.227. The Morgan fingerprint density at radius 2 is 2.05 bits per heavy atom. The molecule has 0 saturated carbocycles. The summed E-state index contributed by atoms with van der Waals surface area (Å²) in [5.41, 5.74) is 3.30. The molecule has 1 aliphatic rings. The molecule has 20 heavy (non-hydrogen) atoms. The minimum Gasteiger partial charge on any atom is -0.478 e. The van der Waals surface area contributed by atoms with Gasteiger partial charge in [0.05, 0.1) is 12.8 Å². The summed E-state index contributed by atoms with van der Waals surface area (Å²) in [6.45, 7) is 10.4. The zero-order valence-corrected chi connectivity index (χ0v) is 12.6. The number of rotatable bonds is 3. The number of ether oxygens (including phenoxy) is 1. The Balaban J connectivity index is 2.10. The van der Waals surface area contributed by atoms with Gasteiger partial charge in [0.2, 0.25) is 5.88 Å². The van der Waals surface area contributed by atoms with E-state index in [2.05, 4.69) is 39.0 Å². The fraction of sp³-hybridized carbons (Fsp3) is 0.600. The van der Waals surface area contributed by atoms with Crippen molar-refractivity contribution in [2.75, 3.05) is 6.61 Å². The Kier molecular flexibility index (Phi) is 3.28. The molecule has 2 aromatic rings. The third kappa shape index (κ3) is 2.11. The van der Waals surface area contributed by atoms with Crippen LogP contribution < -0.4 is 4.74 Å². The van der Waals surface area contributed by atoms with E-state index in [0.29, 0.717) is 12.0 Å². The third-order valence-electron chi connectivity index (χ3n) is 3.68. The van der Waals surface area contributed by atoms with Crippen LogP contribution in [0.3, 0.4) is 0 Å². The first kappa shape index (κ1) is 13.2. The molecule has 2 aromatic heterocycles. The second kappa shape index (κ2) is 4.96. The molecule has 0 unspecified atom stereocenters. The van der Waals surface area contributed by atoms with E-state index in [0.717, 1.165) is 36.7 Å². The molecule has 0 fully saturated rings. The number of hydrogen-bond acceptors (Lipinski definition) is 3. The molecule has 0 aromatic carbocycles. The highest BCUT2D eigenvalue weighted by atomic mass is 16.5. The average molecular weight is 274 g/mol. The molecule has 5 heteroatoms. The summed E-state index contributed by atoms with van der Waals surface area (Å²) in [5.74, 6) is 1.33. The van der Waals surface area contributed by atoms with Crippen molar-refractivity contribution in [1.82, 2.24) is 19.6 Å². The van der Waals surface area contributed by atoms with Gasteiger partial charge in [0.25, 0.3) is 0 Å². The number of fused-ring (bicyclic) bond motifs is 1. The number of hydrogen-bond donors (Lipinski definition) is 0. The van der Waals surface area contributed by atoms with Gasteiger partial charge in [-0.15, -0.1) is 0 Å². The number of aromatic nitrogens is 4. The highest BCUT2D eigenvalue weighted by Gasteiger charge is 2.25. The van der Waals surface area contributed by atoms with E-state index in [4.69, 9.17) is 9.84 Å². The van der Waals surface area contributed by atoms with E-state index in [9.17, 15) is 0 Å². The first-order chi connectivity index (χ1) is 9.58. The third-order valence-corrected chi connectivity index (χ3v) is 3.68. The van der Waals surface area contributed by atoms with Crippen molar-refractivity contribution in [2.24, 2.45) is 0 Å². The van der Waals surface area contributed by atoms with E-state index in [1.807, 2.05) is 15.6 Å². The van der Waals surface area contributed by atoms with Gasteiger partial charge in [-0.2, -0.15) is 10.2 Å². The van der Waals surface area contributed by atoms with Gasteiger partial charge in [-0.05, 0) is 19.8 Å². The molecule has 0 aliphatic carbocycles. The van der Waals surface area contributed by atoms with Crippen LogP contribution in [0.1, 0.15) is 51.6 Å². The topological polar surface area (TPSA) is 44.9 Å². The smallest absolute Gasteiger partial charge is 0.215 e. The maximum absolute atomic E-state index is 5.85. The lowest BCUT2D eigenvalue weighted by atomic mass is 10.0. The van der Waals surface area contributed by atoms with Crippen molar-refractivity contribution in [3.8, 4) is 17.1 Å². The first-order valence-corrected chi connectivity index (χ1v) is 7.36. The van der Waals surface area contributed by atoms with Crippen molar-refractivity contribution in [1.29, 1.82) is 0 Å². The lowest BCUT2D eigenvalue weighted by Gasteiger charge is -2.17. The minimum atomic E-state index is 0.361. The van der Waals surface area contributed by atoms with E-state index in [1.165, 1.54) is 5.56 Å². The molecule has 0 radical (unpaired) electrons. The summed E-state index contributed by atoms with van der Waals surface area (Å²) >= 11 is 0. The maximum atomic E-state index is 5.85. The molecule has 3 rings (SSSR count). The molecule has 0 spiro atoms. The van der Waals surface area contributed by atoms with Gasteiger partial charge in [-0.25, -0.2) is 4.68 Å². The molecule has 5 nitrogen and oxygen atoms in total. The largest absolute Gasteiger partial charge is 0.478 e. The Labute approximate surface area is 119 Å². The Hall–Kier alpha value is -1.78. The van der Waals surface area contributed by atoms with Crippen molar-refractivity contribution < 1.29 is 4.74 Å². The predicted molar refractivity (Wildman–Crippen MR) is 78.0 cm³/mol. The van der Waals surface area contributed by atoms with Gasteiger partial charge in [0.1, 0.15) is 5.69 Å². The van der Waals surface area contributed by atoms with E-state index < -0.39 is 0 Å². The van der Waals surface area contributed by atoms with Gasteiger partial charge in [0.15, 0.2) is 0 Å². The molecule has 3 heterocycles. The summed E-state index contributed by atoms with van der Waals surface area (Å²) in [6, 6.07) is 0.361. The van der Waals surface area contributed by atoms with Gasteiger partial charge >= 0.3 is 0 Å². The quantitative estimate of drug-likeness (QED) is 0.863. The van der Waals surface area contributed by atoms with Crippen molar-refractivity contribution in [2.45, 2.75) is 52.6 Å². The summed E-state index contributed by atoms with van der Waals surface area (Å²) in [5, 5.41) is 9.18. The predicted octanol–water partition coefficient (Wildman–Crippen LogP) is 3.23. The van der Waals surface area contributed by atoms with Crippen LogP contribution in [0.4, 0.5) is 0 Å². The molecular formula is C15H22N4O. The van der Waals surface area contributed by atoms with Crippen LogP contribution in [0.5, 0.6) is 5.88 Å². The number of nitrogens with zero attached hydrogens (tertiary/aromatic N) is 4. The second-order valence-corrected chi connectivity index (χ2v) is 5.95. The van der Waals surface area contributed by atoms with E-state index in [1.54, 1.807) is 0 Å². The van der Waals surface area contributed by atoms with Gasteiger partial charge in [-0.1, -0.05) is 13.8 Å². The Morgan fingerprint density at radius 1 is 1.25 bits per heavy atom. The van der Waals surface area contributed by atoms with Gasteiger partial charge in [0, 0.05) is 36.3 Å². The molecular weight excluding hydrogens is 252 g/mol. The van der Waals surface area contributed by atoms with Gasteiger partial charge in [-0.3, -0.25) is 4.68 Å². The normalized spacial score (nSPS) is 14.7. The van der Waals surface area contributed by atoms with Crippen molar-refractivity contribution >= 4 is 0 Å². The van der Waals surface area contributed by atoms with Crippen LogP contribution in [0.25, 0.3) is 11.3 Å². The van der Waals surface area contributed by atoms with Crippen LogP contribution in [-0.4, -0.2) is 26.2 Å². The second-order valence-electron chi connectivity index (χ2n) is 5.95. The van der Waals surface area contributed by atoms with E-state index in [-0.39, 0.29) is 0 Å². The molecule has 0 saturated heterocycles. The SMILES string of the molecule is CC(C)c1c(-c2cnn(C(C)C)c2)nn2c1OCCC2. The minimum absolute atomic E-state index is 0.361. The van der Waals surface area contributed by atoms with Gasteiger partial charge < -0.3 is 4.74 Å². The fourth-order valence-corrected chi connectivity index (χ4v) is 2.62. The zero-order valence-electron chi connectivity index (χ0n) is 12.6. The Morgan fingerprint density at radius 3 is 2.70 bits per heavy atom. The van der Waals surface area contributed by atoms with Crippen molar-refractivity contribution in [3.63, 3.8) is 0 Å². The van der Waals surface area contributed by atoms with Crippen molar-refractivity contribution in [3.05, 3.63) is 18.0 Å². The molecule has 1 aliphatic heterocycles. The van der Waals surface area contributed by atoms with Crippen LogP contribution in [0.15, 0.2) is 12.4 Å². The van der Waals surface area contributed by atoms with E-state index >= 15 is 0 Å². The highest BCUT2D eigenvalue weighted by molar-refractivity contribution is 5.65. The van der Waals surface area contributed by atoms with Crippen LogP contribution in [-0.2, 0) is 6.54 Å². The molecule has 0 N–H and O–H groups in total. The zero-order chi connectivity index (χ0) is 14.3. The highest BCUT2D eigenvalue weighted by Crippen LogP contribution is 2.37. The Bertz CT molecular complexity index is 609. The van der Waals surface area contributed by atoms with Crippen LogP contribution >= 0.6 is 0 Å². The molecule has 0 atom stereocenters. The first-order valence-electron chi connectivity index (χ1n) is 7.36. The summed E-state index contributed by atoms with van der Waals surface area (Å²) < 4.78 is 9.82. The standard InChI is InChI=1S/C15H22N4O/c1-10(2)13-14(12-8-16-19(9-12)11(3)4)17-18-6-5-7-20-15(13)18/h8-11H,5-7H2,1-4H3. The summed E-state index contributed by atoms with van der Waals surface area (Å²) in [4.78, 5) is 0. The fourth-order valence-electron chi connectivity index (χ4n) is 2.62. The molecule has 0 amide bonds. The lowest BCUT2D eigenvalue weighted by Crippen LogP contribution is -2.15. The molecule has 0 bridgehead atoms. The average Bonchev–Trinajstić information content (AvgIpc) is 3.02. The maximum Gasteiger partial charge on any atom is 0.215 e. The summed E-state index contributed by atoms with van der Waals surface area (Å²) in [7, 11) is 0. The molecule has 108 valence electrons. The summed E-state index contributed by atoms with van der Waals surface area (Å²) in [6.07, 6.45) is 5.00. The van der Waals surface area contributed by atoms with Crippen LogP contribution in [0.2, 0.25) is 0 Å².